The van der Waals surface area contributed by atoms with E-state index >= 15 is 0 Å². The Hall–Kier alpha value is -3.42. The second-order valence-electron chi connectivity index (χ2n) is 7.52. The molecule has 1 amide bonds. The van der Waals surface area contributed by atoms with Crippen molar-refractivity contribution in [3.8, 4) is 0 Å². The molecule has 1 aliphatic heterocycles. The van der Waals surface area contributed by atoms with E-state index in [0.717, 1.165) is 5.52 Å². The van der Waals surface area contributed by atoms with Crippen LogP contribution in [-0.4, -0.2) is 37.0 Å². The molecule has 0 saturated heterocycles. The van der Waals surface area contributed by atoms with E-state index in [2.05, 4.69) is 20.2 Å². The lowest BCUT2D eigenvalue weighted by Gasteiger charge is -2.27. The minimum Gasteiger partial charge on any atom is -0.503 e. The monoisotopic (exact) mass is 365 g/mol. The molecule has 2 aromatic heterocycles. The van der Waals surface area contributed by atoms with Crippen LogP contribution in [0.5, 0.6) is 0 Å². The maximum atomic E-state index is 13.0. The van der Waals surface area contributed by atoms with Gasteiger partial charge < -0.3 is 10.1 Å². The minimum atomic E-state index is -0.813. The lowest BCUT2D eigenvalue weighted by Crippen LogP contribution is -2.33. The number of ketones is 1. The highest BCUT2D eigenvalue weighted by atomic mass is 16.3. The number of fused-ring (bicyclic) bond motifs is 1. The normalized spacial score (nSPS) is 18.0. The average Bonchev–Trinajstić information content (AvgIpc) is 3.33. The molecule has 27 heavy (non-hydrogen) atoms. The van der Waals surface area contributed by atoms with Gasteiger partial charge in [0.15, 0.2) is 11.5 Å². The van der Waals surface area contributed by atoms with Crippen LogP contribution in [0.1, 0.15) is 32.5 Å². The molecule has 0 fully saturated rings. The van der Waals surface area contributed by atoms with Crippen molar-refractivity contribution in [2.24, 2.45) is 5.41 Å². The number of nitrogens with one attached hydrogen (secondary N) is 2. The van der Waals surface area contributed by atoms with Crippen LogP contribution in [-0.2, 0) is 9.59 Å². The number of benzene rings is 1. The predicted octanol–water partition coefficient (Wildman–Crippen LogP) is 2.80. The van der Waals surface area contributed by atoms with Crippen molar-refractivity contribution < 1.29 is 14.7 Å². The number of aliphatic hydroxyl groups excluding tert-OH is 1. The Morgan fingerprint density at radius 3 is 2.70 bits per heavy atom. The number of carbonyl (C=O) groups is 2. The van der Waals surface area contributed by atoms with Crippen LogP contribution in [0.2, 0.25) is 0 Å². The summed E-state index contributed by atoms with van der Waals surface area (Å²) in [6.45, 7) is 5.25. The number of anilines is 1. The van der Waals surface area contributed by atoms with Crippen molar-refractivity contribution in [3.63, 3.8) is 0 Å². The molecule has 1 atom stereocenters. The van der Waals surface area contributed by atoms with Crippen LogP contribution in [0.3, 0.4) is 0 Å². The Labute approximate surface area is 154 Å². The maximum absolute atomic E-state index is 13.0. The number of imidazole rings is 1. The summed E-state index contributed by atoms with van der Waals surface area (Å²) in [6, 6.07) is 6.16. The van der Waals surface area contributed by atoms with Crippen LogP contribution in [0.15, 0.2) is 48.1 Å². The minimum absolute atomic E-state index is 0.0572. The first-order valence-electron chi connectivity index (χ1n) is 8.53. The molecule has 4 rings (SSSR count). The van der Waals surface area contributed by atoms with Crippen LogP contribution in [0.4, 0.5) is 5.69 Å². The average molecular weight is 365 g/mol. The molecule has 1 unspecified atom stereocenters. The van der Waals surface area contributed by atoms with E-state index in [0.29, 0.717) is 16.9 Å². The number of Topliss-reactive ketones (excluding diaryl/α,β-unsaturated/α-hetero) is 1. The van der Waals surface area contributed by atoms with E-state index in [1.54, 1.807) is 57.6 Å². The fourth-order valence-corrected chi connectivity index (χ4v) is 3.28. The Bertz CT molecular complexity index is 1070. The van der Waals surface area contributed by atoms with Gasteiger partial charge in [-0.25, -0.2) is 4.98 Å². The van der Waals surface area contributed by atoms with Gasteiger partial charge in [0.05, 0.1) is 28.6 Å². The number of aromatic nitrogens is 4. The molecule has 0 bridgehead atoms. The third-order valence-electron chi connectivity index (χ3n) is 4.62. The second-order valence-corrected chi connectivity index (χ2v) is 7.52. The van der Waals surface area contributed by atoms with Gasteiger partial charge in [-0.05, 0) is 24.3 Å². The van der Waals surface area contributed by atoms with Gasteiger partial charge in [0, 0.05) is 17.3 Å². The zero-order valence-corrected chi connectivity index (χ0v) is 15.1. The molecule has 0 saturated carbocycles. The quantitative estimate of drug-likeness (QED) is 0.660. The molecule has 3 aromatic rings. The Kier molecular flexibility index (Phi) is 3.66. The number of amides is 1. The highest BCUT2D eigenvalue weighted by Gasteiger charge is 2.47. The molecule has 0 radical (unpaired) electrons. The van der Waals surface area contributed by atoms with Gasteiger partial charge in [-0.1, -0.05) is 20.8 Å². The number of aliphatic hydroxyl groups is 1. The summed E-state index contributed by atoms with van der Waals surface area (Å²) in [5, 5.41) is 17.5. The summed E-state index contributed by atoms with van der Waals surface area (Å²) >= 11 is 0. The molecule has 0 spiro atoms. The van der Waals surface area contributed by atoms with E-state index in [1.807, 2.05) is 0 Å². The van der Waals surface area contributed by atoms with Gasteiger partial charge in [0.2, 0.25) is 0 Å². The zero-order chi connectivity index (χ0) is 19.3. The van der Waals surface area contributed by atoms with Crippen molar-refractivity contribution >= 4 is 28.4 Å². The largest absolute Gasteiger partial charge is 0.503 e. The van der Waals surface area contributed by atoms with E-state index in [9.17, 15) is 14.7 Å². The number of carbonyl (C=O) groups excluding carboxylic acids is 2. The van der Waals surface area contributed by atoms with Crippen LogP contribution in [0, 0.1) is 5.41 Å². The molecule has 138 valence electrons. The van der Waals surface area contributed by atoms with E-state index in [-0.39, 0.29) is 11.4 Å². The third-order valence-corrected chi connectivity index (χ3v) is 4.62. The number of rotatable bonds is 3. The van der Waals surface area contributed by atoms with Gasteiger partial charge >= 0.3 is 0 Å². The lowest BCUT2D eigenvalue weighted by molar-refractivity contribution is -0.123. The van der Waals surface area contributed by atoms with Crippen LogP contribution < -0.4 is 4.90 Å². The summed E-state index contributed by atoms with van der Waals surface area (Å²) in [4.78, 5) is 34.6. The summed E-state index contributed by atoms with van der Waals surface area (Å²) in [5.41, 5.74) is 1.79. The predicted molar refractivity (Wildman–Crippen MR) is 99.0 cm³/mol. The molecule has 8 heteroatoms. The SMILES string of the molecule is CC(C)(C)C(=O)C1=C(O)C(=O)N(c2ccc3[nH]cnc3c2)C1c1cc[nH]n1. The summed E-state index contributed by atoms with van der Waals surface area (Å²) < 4.78 is 0. The number of aromatic amines is 2. The first-order chi connectivity index (χ1) is 12.8. The molecule has 3 heterocycles. The molecule has 8 nitrogen and oxygen atoms in total. The highest BCUT2D eigenvalue weighted by Crippen LogP contribution is 2.43. The Morgan fingerprint density at radius 2 is 2.04 bits per heavy atom. The zero-order valence-electron chi connectivity index (χ0n) is 15.1. The third kappa shape index (κ3) is 2.61. The maximum Gasteiger partial charge on any atom is 0.294 e. The van der Waals surface area contributed by atoms with Gasteiger partial charge in [-0.2, -0.15) is 5.10 Å². The van der Waals surface area contributed by atoms with Crippen molar-refractivity contribution in [1.82, 2.24) is 20.2 Å². The van der Waals surface area contributed by atoms with Crippen LogP contribution >= 0.6 is 0 Å². The number of hydrogen-bond donors (Lipinski definition) is 3. The lowest BCUT2D eigenvalue weighted by atomic mass is 9.83. The van der Waals surface area contributed by atoms with E-state index in [1.165, 1.54) is 4.90 Å². The van der Waals surface area contributed by atoms with Crippen molar-refractivity contribution in [2.75, 3.05) is 4.90 Å². The molecule has 0 aliphatic carbocycles. The first kappa shape index (κ1) is 17.0. The topological polar surface area (TPSA) is 115 Å². The fourth-order valence-electron chi connectivity index (χ4n) is 3.28. The van der Waals surface area contributed by atoms with Gasteiger partial charge in [0.1, 0.15) is 6.04 Å². The molecular formula is C19H19N5O3. The summed E-state index contributed by atoms with van der Waals surface area (Å²) in [6.07, 6.45) is 3.18. The molecule has 3 N–H and O–H groups in total. The van der Waals surface area contributed by atoms with Gasteiger partial charge in [0.25, 0.3) is 5.91 Å². The van der Waals surface area contributed by atoms with Crippen molar-refractivity contribution in [3.05, 3.63) is 53.8 Å². The Morgan fingerprint density at radius 1 is 1.26 bits per heavy atom. The molecule has 1 aliphatic rings. The number of hydrogen-bond acceptors (Lipinski definition) is 5. The number of nitrogens with zero attached hydrogens (tertiary/aromatic N) is 3. The highest BCUT2D eigenvalue weighted by molar-refractivity contribution is 6.17. The summed E-state index contributed by atoms with van der Waals surface area (Å²) in [7, 11) is 0. The molecular weight excluding hydrogens is 346 g/mol. The van der Waals surface area contributed by atoms with Crippen LogP contribution in [0.25, 0.3) is 11.0 Å². The van der Waals surface area contributed by atoms with Crippen molar-refractivity contribution in [2.45, 2.75) is 26.8 Å². The standard InChI is InChI=1S/C19H19N5O3/c1-19(2,3)17(26)14-15(12-6-7-22-23-12)24(18(27)16(14)25)10-4-5-11-13(8-10)21-9-20-11/h4-9,15,25H,1-3H3,(H,20,21)(H,22,23). The number of H-pyrrole nitrogens is 2. The molecule has 1 aromatic carbocycles. The van der Waals surface area contributed by atoms with E-state index < -0.39 is 23.1 Å². The fraction of sp³-hybridized carbons (Fsp3) is 0.263. The van der Waals surface area contributed by atoms with Crippen molar-refractivity contribution in [1.29, 1.82) is 0 Å². The first-order valence-corrected chi connectivity index (χ1v) is 8.53. The van der Waals surface area contributed by atoms with E-state index in [4.69, 9.17) is 0 Å². The van der Waals surface area contributed by atoms with Gasteiger partial charge in [-0.15, -0.1) is 0 Å². The summed E-state index contributed by atoms with van der Waals surface area (Å²) in [5.74, 6) is -1.47. The Balaban J connectivity index is 1.89. The smallest absolute Gasteiger partial charge is 0.294 e. The van der Waals surface area contributed by atoms with Gasteiger partial charge in [-0.3, -0.25) is 19.6 Å². The second kappa shape index (κ2) is 5.80.